The Kier molecular flexibility index (Phi) is 3.34. The fourth-order valence-electron chi connectivity index (χ4n) is 2.90. The van der Waals surface area contributed by atoms with Crippen LogP contribution < -0.4 is 0 Å². The van der Waals surface area contributed by atoms with Gasteiger partial charge in [-0.25, -0.2) is 0 Å². The van der Waals surface area contributed by atoms with Crippen LogP contribution >= 0.6 is 0 Å². The first kappa shape index (κ1) is 12.7. The molecule has 6 heteroatoms. The van der Waals surface area contributed by atoms with Gasteiger partial charge in [0.15, 0.2) is 0 Å². The Morgan fingerprint density at radius 1 is 1.24 bits per heavy atom. The van der Waals surface area contributed by atoms with Crippen molar-refractivity contribution < 1.29 is 18.0 Å². The highest BCUT2D eigenvalue weighted by molar-refractivity contribution is 5.77. The summed E-state index contributed by atoms with van der Waals surface area (Å²) in [5, 5.41) is 0. The van der Waals surface area contributed by atoms with Crippen LogP contribution in [-0.4, -0.2) is 54.1 Å². The smallest absolute Gasteiger partial charge is 0.334 e. The number of hydrogen-bond donors (Lipinski definition) is 0. The minimum Gasteiger partial charge on any atom is -0.334 e. The lowest BCUT2D eigenvalue weighted by molar-refractivity contribution is -0.152. The molecule has 2 atom stereocenters. The third-order valence-electron chi connectivity index (χ3n) is 3.58. The Bertz CT molecular complexity index is 292. The van der Waals surface area contributed by atoms with Crippen molar-refractivity contribution >= 4 is 5.91 Å². The van der Waals surface area contributed by atoms with Crippen LogP contribution in [0.4, 0.5) is 13.2 Å². The zero-order valence-electron chi connectivity index (χ0n) is 9.83. The summed E-state index contributed by atoms with van der Waals surface area (Å²) in [6.45, 7) is 1.57. The number of likely N-dealkylation sites (tertiary alicyclic amines) is 1. The molecule has 3 nitrogen and oxygen atoms in total. The van der Waals surface area contributed by atoms with E-state index in [9.17, 15) is 18.0 Å². The number of hydrogen-bond acceptors (Lipinski definition) is 2. The number of alkyl halides is 3. The number of amides is 1. The fourth-order valence-corrected chi connectivity index (χ4v) is 2.90. The number of carbonyl (C=O) groups excluding carboxylic acids is 1. The molecule has 2 heterocycles. The third-order valence-corrected chi connectivity index (χ3v) is 3.58. The van der Waals surface area contributed by atoms with E-state index in [0.29, 0.717) is 0 Å². The van der Waals surface area contributed by atoms with E-state index in [2.05, 4.69) is 4.90 Å². The molecule has 2 unspecified atom stereocenters. The largest absolute Gasteiger partial charge is 0.389 e. The summed E-state index contributed by atoms with van der Waals surface area (Å²) in [5.74, 6) is -0.331. The Labute approximate surface area is 98.6 Å². The van der Waals surface area contributed by atoms with Gasteiger partial charge in [-0.15, -0.1) is 0 Å². The van der Waals surface area contributed by atoms with E-state index >= 15 is 0 Å². The SMILES string of the molecule is CN1CC2CCC(C1)N2C(=O)CCC(F)(F)F. The average molecular weight is 250 g/mol. The van der Waals surface area contributed by atoms with Crippen molar-refractivity contribution in [2.75, 3.05) is 20.1 Å². The average Bonchev–Trinajstić information content (AvgIpc) is 2.47. The van der Waals surface area contributed by atoms with Crippen molar-refractivity contribution in [3.8, 4) is 0 Å². The fraction of sp³-hybridized carbons (Fsp3) is 0.909. The Balaban J connectivity index is 1.92. The van der Waals surface area contributed by atoms with Gasteiger partial charge in [0.05, 0.1) is 6.42 Å². The van der Waals surface area contributed by atoms with Crippen LogP contribution in [0.5, 0.6) is 0 Å². The number of halogens is 3. The first-order chi connectivity index (χ1) is 7.87. The van der Waals surface area contributed by atoms with E-state index < -0.39 is 19.0 Å². The molecule has 0 saturated carbocycles. The second-order valence-corrected chi connectivity index (χ2v) is 5.02. The van der Waals surface area contributed by atoms with Gasteiger partial charge in [0.2, 0.25) is 5.91 Å². The predicted molar refractivity (Wildman–Crippen MR) is 56.4 cm³/mol. The normalized spacial score (nSPS) is 29.8. The monoisotopic (exact) mass is 250 g/mol. The van der Waals surface area contributed by atoms with Crippen LogP contribution in [0.25, 0.3) is 0 Å². The molecule has 2 bridgehead atoms. The predicted octanol–water partition coefficient (Wildman–Crippen LogP) is 1.63. The molecule has 0 N–H and O–H groups in total. The number of rotatable bonds is 2. The molecule has 2 aliphatic heterocycles. The van der Waals surface area contributed by atoms with Gasteiger partial charge in [0.1, 0.15) is 0 Å². The molecule has 2 aliphatic rings. The second-order valence-electron chi connectivity index (χ2n) is 5.02. The number of fused-ring (bicyclic) bond motifs is 2. The summed E-state index contributed by atoms with van der Waals surface area (Å²) >= 11 is 0. The van der Waals surface area contributed by atoms with Gasteiger partial charge in [0.25, 0.3) is 0 Å². The van der Waals surface area contributed by atoms with Gasteiger partial charge < -0.3 is 9.80 Å². The molecule has 0 radical (unpaired) electrons. The summed E-state index contributed by atoms with van der Waals surface area (Å²) in [6, 6.07) is 0.249. The molecule has 0 aromatic heterocycles. The molecule has 0 aromatic rings. The van der Waals surface area contributed by atoms with Crippen molar-refractivity contribution in [1.82, 2.24) is 9.80 Å². The molecule has 2 saturated heterocycles. The molecule has 0 aliphatic carbocycles. The highest BCUT2D eigenvalue weighted by atomic mass is 19.4. The maximum atomic E-state index is 12.1. The molecule has 2 fully saturated rings. The van der Waals surface area contributed by atoms with Gasteiger partial charge in [-0.05, 0) is 19.9 Å². The molecule has 0 spiro atoms. The number of piperazine rings is 1. The highest BCUT2D eigenvalue weighted by Gasteiger charge is 2.42. The lowest BCUT2D eigenvalue weighted by atomic mass is 10.1. The molecule has 98 valence electrons. The maximum absolute atomic E-state index is 12.1. The first-order valence-electron chi connectivity index (χ1n) is 5.93. The topological polar surface area (TPSA) is 23.6 Å². The second kappa shape index (κ2) is 4.48. The maximum Gasteiger partial charge on any atom is 0.389 e. The number of likely N-dealkylation sites (N-methyl/N-ethyl adjacent to an activating group) is 1. The third kappa shape index (κ3) is 2.91. The van der Waals surface area contributed by atoms with Crippen LogP contribution in [0.15, 0.2) is 0 Å². The molecular formula is C11H17F3N2O. The van der Waals surface area contributed by atoms with Gasteiger partial charge in [-0.1, -0.05) is 0 Å². The number of carbonyl (C=O) groups is 1. The van der Waals surface area contributed by atoms with Crippen molar-refractivity contribution in [2.24, 2.45) is 0 Å². The van der Waals surface area contributed by atoms with E-state index in [1.54, 1.807) is 4.90 Å². The van der Waals surface area contributed by atoms with Crippen LogP contribution in [0.1, 0.15) is 25.7 Å². The minimum atomic E-state index is -4.23. The highest BCUT2D eigenvalue weighted by Crippen LogP contribution is 2.31. The summed E-state index contributed by atoms with van der Waals surface area (Å²) in [6.07, 6.45) is -3.79. The van der Waals surface area contributed by atoms with E-state index in [1.165, 1.54) is 0 Å². The number of nitrogens with zero attached hydrogens (tertiary/aromatic N) is 2. The van der Waals surface area contributed by atoms with Gasteiger partial charge in [-0.2, -0.15) is 13.2 Å². The Hall–Kier alpha value is -0.780. The summed E-state index contributed by atoms with van der Waals surface area (Å²) in [7, 11) is 1.99. The van der Waals surface area contributed by atoms with E-state index in [4.69, 9.17) is 0 Å². The van der Waals surface area contributed by atoms with Crippen LogP contribution in [0.2, 0.25) is 0 Å². The van der Waals surface area contributed by atoms with E-state index in [0.717, 1.165) is 25.9 Å². The van der Waals surface area contributed by atoms with Crippen LogP contribution in [-0.2, 0) is 4.79 Å². The summed E-state index contributed by atoms with van der Waals surface area (Å²) < 4.78 is 36.2. The van der Waals surface area contributed by atoms with Gasteiger partial charge in [0, 0.05) is 31.6 Å². The van der Waals surface area contributed by atoms with E-state index in [1.807, 2.05) is 7.05 Å². The Morgan fingerprint density at radius 2 is 1.76 bits per heavy atom. The quantitative estimate of drug-likeness (QED) is 0.743. The van der Waals surface area contributed by atoms with Gasteiger partial charge >= 0.3 is 6.18 Å². The van der Waals surface area contributed by atoms with Crippen molar-refractivity contribution in [3.63, 3.8) is 0 Å². The van der Waals surface area contributed by atoms with E-state index in [-0.39, 0.29) is 18.0 Å². The molecule has 1 amide bonds. The van der Waals surface area contributed by atoms with Crippen molar-refractivity contribution in [1.29, 1.82) is 0 Å². The van der Waals surface area contributed by atoms with Crippen molar-refractivity contribution in [2.45, 2.75) is 43.9 Å². The molecule has 0 aromatic carbocycles. The molecular weight excluding hydrogens is 233 g/mol. The standard InChI is InChI=1S/C11H17F3N2O/c1-15-6-8-2-3-9(7-15)16(8)10(17)4-5-11(12,13)14/h8-9H,2-7H2,1H3. The summed E-state index contributed by atoms with van der Waals surface area (Å²) in [4.78, 5) is 15.7. The minimum absolute atomic E-state index is 0.125. The lowest BCUT2D eigenvalue weighted by Crippen LogP contribution is -2.54. The van der Waals surface area contributed by atoms with Crippen molar-refractivity contribution in [3.05, 3.63) is 0 Å². The first-order valence-corrected chi connectivity index (χ1v) is 5.93. The molecule has 2 rings (SSSR count). The molecule has 17 heavy (non-hydrogen) atoms. The Morgan fingerprint density at radius 3 is 2.24 bits per heavy atom. The zero-order chi connectivity index (χ0) is 12.6. The zero-order valence-corrected chi connectivity index (χ0v) is 9.83. The van der Waals surface area contributed by atoms with Crippen LogP contribution in [0, 0.1) is 0 Å². The lowest BCUT2D eigenvalue weighted by Gasteiger charge is -2.39. The van der Waals surface area contributed by atoms with Crippen LogP contribution in [0.3, 0.4) is 0 Å². The van der Waals surface area contributed by atoms with Gasteiger partial charge in [-0.3, -0.25) is 4.79 Å². The summed E-state index contributed by atoms with van der Waals surface area (Å²) in [5.41, 5.74) is 0.